The van der Waals surface area contributed by atoms with Gasteiger partial charge in [-0.05, 0) is 37.7 Å². The Morgan fingerprint density at radius 2 is 1.10 bits per heavy atom. The number of rotatable bonds is 9. The Kier molecular flexibility index (Phi) is 27.6. The zero-order valence-electron chi connectivity index (χ0n) is 14.0. The summed E-state index contributed by atoms with van der Waals surface area (Å²) in [5, 5.41) is 7.42. The van der Waals surface area contributed by atoms with Crippen molar-refractivity contribution < 1.29 is 24.3 Å². The van der Waals surface area contributed by atoms with Crippen molar-refractivity contribution in [3.05, 3.63) is 0 Å². The van der Waals surface area contributed by atoms with Gasteiger partial charge in [0.1, 0.15) is 0 Å². The maximum atomic E-state index is 9.00. The fraction of sp³-hybridized carbons (Fsp3) is 0.929. The monoisotopic (exact) mass is 344 g/mol. The normalized spacial score (nSPS) is 9.71. The molecule has 0 radical (unpaired) electrons. The Balaban J connectivity index is -0.000000334. The highest BCUT2D eigenvalue weighted by atomic mass is 31.1. The number of hydrogen-bond acceptors (Lipinski definition) is 2. The molecule has 0 aliphatic carbocycles. The summed E-state index contributed by atoms with van der Waals surface area (Å²) in [4.78, 5) is 23.3. The van der Waals surface area contributed by atoms with Crippen LogP contribution in [-0.2, 0) is 9.36 Å². The van der Waals surface area contributed by atoms with E-state index >= 15 is 0 Å². The van der Waals surface area contributed by atoms with Crippen LogP contribution in [0.2, 0.25) is 0 Å². The topological polar surface area (TPSA) is 94.8 Å². The van der Waals surface area contributed by atoms with E-state index in [2.05, 4.69) is 20.8 Å². The van der Waals surface area contributed by atoms with Crippen molar-refractivity contribution >= 4 is 22.1 Å². The van der Waals surface area contributed by atoms with Crippen LogP contribution < -0.4 is 0 Å². The quantitative estimate of drug-likeness (QED) is 0.541. The summed E-state index contributed by atoms with van der Waals surface area (Å²) in [6.07, 6.45) is 13.2. The molecule has 0 spiro atoms. The molecule has 0 heterocycles. The minimum atomic E-state index is -3.13. The van der Waals surface area contributed by atoms with Crippen molar-refractivity contribution in [1.82, 2.24) is 0 Å². The lowest BCUT2D eigenvalue weighted by Gasteiger charge is -2.16. The van der Waals surface area contributed by atoms with Crippen LogP contribution in [0.5, 0.6) is 0 Å². The molecule has 5 nitrogen and oxygen atoms in total. The smallest absolute Gasteiger partial charge is 0.314 e. The van der Waals surface area contributed by atoms with Crippen molar-refractivity contribution in [2.45, 2.75) is 66.2 Å². The molecule has 3 N–H and O–H groups in total. The van der Waals surface area contributed by atoms with Crippen molar-refractivity contribution in [3.63, 3.8) is 0 Å². The van der Waals surface area contributed by atoms with Crippen LogP contribution in [0.15, 0.2) is 0 Å². The summed E-state index contributed by atoms with van der Waals surface area (Å²) in [6.45, 7) is 8.02. The average molecular weight is 344 g/mol. The Morgan fingerprint density at radius 1 is 0.905 bits per heavy atom. The van der Waals surface area contributed by atoms with Gasteiger partial charge in [0.25, 0.3) is 5.97 Å². The maximum absolute atomic E-state index is 9.00. The standard InChI is InChI=1S/C12H27P.C2H4O2.H3O3P/c1-4-7-10-13(11-8-5-2)12-9-6-3;1-2(3)4;1-4(2)3/h4-12H2,1-3H3;1H3,(H,3,4);4H,(H2,1,2,3). The number of aliphatic carboxylic acids is 1. The molecule has 0 fully saturated rings. The molecule has 0 saturated carbocycles. The molecule has 0 aliphatic heterocycles. The van der Waals surface area contributed by atoms with E-state index in [9.17, 15) is 0 Å². The first-order valence-electron chi connectivity index (χ1n) is 7.65. The van der Waals surface area contributed by atoms with Gasteiger partial charge < -0.3 is 14.9 Å². The van der Waals surface area contributed by atoms with Crippen LogP contribution in [0.3, 0.4) is 0 Å². The van der Waals surface area contributed by atoms with Crippen LogP contribution in [-0.4, -0.2) is 39.3 Å². The van der Waals surface area contributed by atoms with Crippen LogP contribution >= 0.6 is 16.2 Å². The fourth-order valence-corrected chi connectivity index (χ4v) is 4.44. The van der Waals surface area contributed by atoms with E-state index in [-0.39, 0.29) is 0 Å². The zero-order chi connectivity index (χ0) is 17.1. The van der Waals surface area contributed by atoms with E-state index in [0.717, 1.165) is 6.92 Å². The van der Waals surface area contributed by atoms with Gasteiger partial charge in [0.2, 0.25) is 0 Å². The highest BCUT2D eigenvalue weighted by Crippen LogP contribution is 2.38. The molecule has 130 valence electrons. The molecule has 0 amide bonds. The van der Waals surface area contributed by atoms with Gasteiger partial charge in [-0.25, -0.2) is 0 Å². The highest BCUT2D eigenvalue weighted by Gasteiger charge is 2.05. The van der Waals surface area contributed by atoms with Gasteiger partial charge in [0.05, 0.1) is 0 Å². The first-order chi connectivity index (χ1) is 9.81. The number of carboxylic acids is 1. The molecular weight excluding hydrogens is 310 g/mol. The van der Waals surface area contributed by atoms with Gasteiger partial charge >= 0.3 is 8.25 Å². The molecule has 0 atom stereocenters. The lowest BCUT2D eigenvalue weighted by molar-refractivity contribution is -0.134. The van der Waals surface area contributed by atoms with Gasteiger partial charge in [-0.2, -0.15) is 0 Å². The minimum absolute atomic E-state index is 0.422. The first-order valence-corrected chi connectivity index (χ1v) is 10.8. The number of carboxylic acid groups (broad SMARTS) is 1. The van der Waals surface area contributed by atoms with Crippen LogP contribution in [0, 0.1) is 0 Å². The van der Waals surface area contributed by atoms with Gasteiger partial charge in [0.15, 0.2) is 0 Å². The molecule has 0 saturated heterocycles. The van der Waals surface area contributed by atoms with Crippen molar-refractivity contribution in [3.8, 4) is 0 Å². The van der Waals surface area contributed by atoms with E-state index in [1.807, 2.05) is 0 Å². The molecule has 0 aliphatic rings. The van der Waals surface area contributed by atoms with Crippen LogP contribution in [0.25, 0.3) is 0 Å². The molecule has 0 rings (SSSR count). The largest absolute Gasteiger partial charge is 0.481 e. The summed E-state index contributed by atoms with van der Waals surface area (Å²) >= 11 is 0. The van der Waals surface area contributed by atoms with Gasteiger partial charge in [0, 0.05) is 6.92 Å². The molecule has 0 bridgehead atoms. The second-order valence-electron chi connectivity index (χ2n) is 4.70. The molecule has 0 aromatic carbocycles. The molecule has 0 aromatic heterocycles. The Morgan fingerprint density at radius 3 is 1.24 bits per heavy atom. The predicted octanol–water partition coefficient (Wildman–Crippen LogP) is 4.32. The second-order valence-corrected chi connectivity index (χ2v) is 7.95. The Labute approximate surface area is 131 Å². The third kappa shape index (κ3) is 45.0. The number of unbranched alkanes of at least 4 members (excludes halogenated alkanes) is 3. The Hall–Kier alpha value is 0.0500. The summed E-state index contributed by atoms with van der Waals surface area (Å²) in [6, 6.07) is 0. The molecule has 0 unspecified atom stereocenters. The molecule has 7 heteroatoms. The summed E-state index contributed by atoms with van der Waals surface area (Å²) in [5.41, 5.74) is 0. The highest BCUT2D eigenvalue weighted by molar-refractivity contribution is 7.57. The van der Waals surface area contributed by atoms with E-state index in [1.165, 1.54) is 38.5 Å². The number of hydrogen-bond donors (Lipinski definition) is 3. The van der Waals surface area contributed by atoms with Gasteiger partial charge in [-0.15, -0.1) is 7.92 Å². The zero-order valence-corrected chi connectivity index (χ0v) is 15.9. The second kappa shape index (κ2) is 22.3. The lowest BCUT2D eigenvalue weighted by Crippen LogP contribution is -1.95. The van der Waals surface area contributed by atoms with Crippen molar-refractivity contribution in [1.29, 1.82) is 0 Å². The third-order valence-corrected chi connectivity index (χ3v) is 5.33. The third-order valence-electron chi connectivity index (χ3n) is 2.48. The minimum Gasteiger partial charge on any atom is -0.481 e. The van der Waals surface area contributed by atoms with Crippen LogP contribution in [0.1, 0.15) is 66.2 Å². The fourth-order valence-electron chi connectivity index (χ4n) is 1.48. The maximum Gasteiger partial charge on any atom is 0.314 e. The number of carbonyl (C=O) groups is 1. The van der Waals surface area contributed by atoms with E-state index in [0.29, 0.717) is 7.92 Å². The van der Waals surface area contributed by atoms with E-state index < -0.39 is 14.2 Å². The molecule has 21 heavy (non-hydrogen) atoms. The van der Waals surface area contributed by atoms with Crippen molar-refractivity contribution in [2.75, 3.05) is 18.5 Å². The van der Waals surface area contributed by atoms with Gasteiger partial charge in [-0.1, -0.05) is 40.0 Å². The predicted molar refractivity (Wildman–Crippen MR) is 93.0 cm³/mol. The van der Waals surface area contributed by atoms with Gasteiger partial charge in [-0.3, -0.25) is 9.36 Å². The van der Waals surface area contributed by atoms with E-state index in [4.69, 9.17) is 24.3 Å². The SMILES string of the molecule is CC(=O)O.CCCCP(CCCC)CCCC.O=[PH](O)O. The van der Waals surface area contributed by atoms with Crippen molar-refractivity contribution in [2.24, 2.45) is 0 Å². The lowest BCUT2D eigenvalue weighted by atomic mass is 10.4. The first kappa shape index (κ1) is 26.0. The summed E-state index contributed by atoms with van der Waals surface area (Å²) in [5.74, 6) is -0.833. The van der Waals surface area contributed by atoms with Crippen LogP contribution in [0.4, 0.5) is 0 Å². The Bertz CT molecular complexity index is 198. The molecule has 0 aromatic rings. The molecular formula is C14H34O5P2. The van der Waals surface area contributed by atoms with E-state index in [1.54, 1.807) is 18.5 Å². The summed E-state index contributed by atoms with van der Waals surface area (Å²) in [7, 11) is -2.71. The average Bonchev–Trinajstić information content (AvgIpc) is 2.36. The summed E-state index contributed by atoms with van der Waals surface area (Å²) < 4.78 is 8.74.